The summed E-state index contributed by atoms with van der Waals surface area (Å²) >= 11 is 0. The van der Waals surface area contributed by atoms with Crippen LogP contribution in [0.2, 0.25) is 0 Å². The fourth-order valence-electron chi connectivity index (χ4n) is 4.90. The molecule has 1 heterocycles. The van der Waals surface area contributed by atoms with Crippen molar-refractivity contribution >= 4 is 0 Å². The molecule has 0 aliphatic carbocycles. The van der Waals surface area contributed by atoms with Crippen molar-refractivity contribution in [3.05, 3.63) is 89.8 Å². The predicted molar refractivity (Wildman–Crippen MR) is 154 cm³/mol. The lowest BCUT2D eigenvalue weighted by Gasteiger charge is -2.29. The van der Waals surface area contributed by atoms with E-state index in [1.54, 1.807) is 36.4 Å². The number of unbranched alkanes of at least 4 members (excludes halogenated alkanes) is 4. The number of allylic oxidation sites excluding steroid dienone is 2. The molecule has 3 aromatic carbocycles. The van der Waals surface area contributed by atoms with Gasteiger partial charge in [-0.3, -0.25) is 0 Å². The highest BCUT2D eigenvalue weighted by Crippen LogP contribution is 2.34. The highest BCUT2D eigenvalue weighted by atomic mass is 19.2. The summed E-state index contributed by atoms with van der Waals surface area (Å²) in [5.74, 6) is -2.10. The van der Waals surface area contributed by atoms with Gasteiger partial charge in [-0.15, -0.1) is 0 Å². The lowest BCUT2D eigenvalue weighted by atomic mass is 9.98. The van der Waals surface area contributed by atoms with Gasteiger partial charge in [-0.1, -0.05) is 81.2 Å². The Morgan fingerprint density at radius 3 is 2.17 bits per heavy atom. The molecular weight excluding hydrogens is 513 g/mol. The predicted octanol–water partition coefficient (Wildman–Crippen LogP) is 9.80. The van der Waals surface area contributed by atoms with Crippen LogP contribution >= 0.6 is 0 Å². The van der Waals surface area contributed by atoms with Crippen LogP contribution in [0.1, 0.15) is 70.6 Å². The number of hydrogen-bond donors (Lipinski definition) is 0. The Labute approximate surface area is 236 Å². The number of rotatable bonds is 13. The van der Waals surface area contributed by atoms with Gasteiger partial charge in [0.1, 0.15) is 5.82 Å². The molecule has 3 aromatic rings. The molecule has 0 N–H and O–H groups in total. The van der Waals surface area contributed by atoms with E-state index in [-0.39, 0.29) is 11.3 Å². The minimum atomic E-state index is -0.993. The normalized spacial score (nSPS) is 17.4. The molecule has 0 bridgehead atoms. The van der Waals surface area contributed by atoms with Crippen LogP contribution in [0.15, 0.2) is 66.7 Å². The van der Waals surface area contributed by atoms with E-state index in [1.807, 2.05) is 13.0 Å². The van der Waals surface area contributed by atoms with Crippen LogP contribution in [0.5, 0.6) is 5.75 Å². The Morgan fingerprint density at radius 2 is 1.50 bits per heavy atom. The van der Waals surface area contributed by atoms with Gasteiger partial charge >= 0.3 is 0 Å². The maximum Gasteiger partial charge on any atom is 0.201 e. The van der Waals surface area contributed by atoms with Gasteiger partial charge in [-0.05, 0) is 55.5 Å². The fourth-order valence-corrected chi connectivity index (χ4v) is 4.90. The maximum atomic E-state index is 15.1. The molecule has 0 aromatic heterocycles. The smallest absolute Gasteiger partial charge is 0.201 e. The first-order chi connectivity index (χ1) is 19.5. The molecule has 1 saturated heterocycles. The molecule has 0 unspecified atom stereocenters. The van der Waals surface area contributed by atoms with Crippen molar-refractivity contribution < 1.29 is 27.4 Å². The second-order valence-electron chi connectivity index (χ2n) is 10.3. The van der Waals surface area contributed by atoms with Crippen LogP contribution in [0, 0.1) is 23.4 Å². The van der Waals surface area contributed by atoms with E-state index < -0.39 is 23.7 Å². The van der Waals surface area contributed by atoms with E-state index >= 15 is 4.39 Å². The SMILES string of the molecule is CC=CCCC1COC(c2ccc(-c3ccc(-c4ccc(OCCCCCCC)c(F)c4F)cc3)c(F)c2)OC1. The lowest BCUT2D eigenvalue weighted by molar-refractivity contribution is -0.205. The van der Waals surface area contributed by atoms with Gasteiger partial charge in [0.05, 0.1) is 19.8 Å². The van der Waals surface area contributed by atoms with Gasteiger partial charge in [0.25, 0.3) is 0 Å². The first kappa shape index (κ1) is 29.9. The molecule has 0 saturated carbocycles. The Morgan fingerprint density at radius 1 is 0.825 bits per heavy atom. The molecule has 4 rings (SSSR count). The van der Waals surface area contributed by atoms with Crippen molar-refractivity contribution in [1.82, 2.24) is 0 Å². The molecule has 6 heteroatoms. The standard InChI is InChI=1S/C34H39F3O3/c1-3-5-7-8-10-20-38-31-19-18-29(32(36)33(31)37)26-14-12-25(13-15-26)28-17-16-27(21-30(28)35)34-39-22-24(23-40-34)11-9-6-4-2/h4,6,12-19,21,24,34H,3,5,7-11,20,22-23H2,1-2H3. The molecule has 1 fully saturated rings. The van der Waals surface area contributed by atoms with Crippen molar-refractivity contribution in [3.63, 3.8) is 0 Å². The zero-order valence-corrected chi connectivity index (χ0v) is 23.4. The van der Waals surface area contributed by atoms with Crippen LogP contribution in [0.25, 0.3) is 22.3 Å². The van der Waals surface area contributed by atoms with Gasteiger partial charge < -0.3 is 14.2 Å². The summed E-state index contributed by atoms with van der Waals surface area (Å²) in [5, 5.41) is 0. The second-order valence-corrected chi connectivity index (χ2v) is 10.3. The number of hydrogen-bond acceptors (Lipinski definition) is 3. The minimum absolute atomic E-state index is 0.0781. The third kappa shape index (κ3) is 7.76. The van der Waals surface area contributed by atoms with Gasteiger partial charge in [-0.2, -0.15) is 4.39 Å². The Balaban J connectivity index is 1.38. The lowest BCUT2D eigenvalue weighted by Crippen LogP contribution is -2.27. The Bertz CT molecular complexity index is 1250. The second kappa shape index (κ2) is 15.1. The zero-order valence-electron chi connectivity index (χ0n) is 23.4. The van der Waals surface area contributed by atoms with Crippen LogP contribution in [0.4, 0.5) is 13.2 Å². The van der Waals surface area contributed by atoms with E-state index in [0.717, 1.165) is 44.9 Å². The topological polar surface area (TPSA) is 27.7 Å². The van der Waals surface area contributed by atoms with Crippen LogP contribution in [0.3, 0.4) is 0 Å². The van der Waals surface area contributed by atoms with Crippen LogP contribution < -0.4 is 4.74 Å². The number of benzene rings is 3. The van der Waals surface area contributed by atoms with Crippen molar-refractivity contribution in [3.8, 4) is 28.0 Å². The van der Waals surface area contributed by atoms with Gasteiger partial charge in [0.2, 0.25) is 5.82 Å². The highest BCUT2D eigenvalue weighted by molar-refractivity contribution is 5.71. The van der Waals surface area contributed by atoms with Crippen LogP contribution in [-0.4, -0.2) is 19.8 Å². The molecule has 1 aliphatic heterocycles. The Kier molecular flexibility index (Phi) is 11.2. The van der Waals surface area contributed by atoms with Crippen molar-refractivity contribution in [1.29, 1.82) is 0 Å². The minimum Gasteiger partial charge on any atom is -0.490 e. The summed E-state index contributed by atoms with van der Waals surface area (Å²) in [6.07, 6.45) is 10.8. The monoisotopic (exact) mass is 552 g/mol. The van der Waals surface area contributed by atoms with Gasteiger partial charge in [0.15, 0.2) is 17.9 Å². The molecule has 0 spiro atoms. The average molecular weight is 553 g/mol. The number of halogens is 3. The fraction of sp³-hybridized carbons (Fsp3) is 0.412. The van der Waals surface area contributed by atoms with Gasteiger partial charge in [0, 0.05) is 22.6 Å². The molecule has 0 atom stereocenters. The summed E-state index contributed by atoms with van der Waals surface area (Å²) < 4.78 is 61.9. The summed E-state index contributed by atoms with van der Waals surface area (Å²) in [6.45, 7) is 5.66. The molecule has 0 amide bonds. The van der Waals surface area contributed by atoms with E-state index in [9.17, 15) is 8.78 Å². The highest BCUT2D eigenvalue weighted by Gasteiger charge is 2.24. The Hall–Kier alpha value is -3.09. The van der Waals surface area contributed by atoms with E-state index in [2.05, 4.69) is 13.0 Å². The summed E-state index contributed by atoms with van der Waals surface area (Å²) in [7, 11) is 0. The van der Waals surface area contributed by atoms with E-state index in [4.69, 9.17) is 14.2 Å². The molecule has 0 radical (unpaired) electrons. The third-order valence-electron chi connectivity index (χ3n) is 7.27. The van der Waals surface area contributed by atoms with E-state index in [1.165, 1.54) is 18.2 Å². The third-order valence-corrected chi connectivity index (χ3v) is 7.27. The number of ether oxygens (including phenoxy) is 3. The molecule has 40 heavy (non-hydrogen) atoms. The van der Waals surface area contributed by atoms with Crippen molar-refractivity contribution in [2.24, 2.45) is 5.92 Å². The van der Waals surface area contributed by atoms with Crippen molar-refractivity contribution in [2.75, 3.05) is 19.8 Å². The van der Waals surface area contributed by atoms with Crippen LogP contribution in [-0.2, 0) is 9.47 Å². The quantitative estimate of drug-likeness (QED) is 0.156. The summed E-state index contributed by atoms with van der Waals surface area (Å²) in [4.78, 5) is 0. The van der Waals surface area contributed by atoms with E-state index in [0.29, 0.717) is 48.0 Å². The first-order valence-corrected chi connectivity index (χ1v) is 14.4. The van der Waals surface area contributed by atoms with Crippen molar-refractivity contribution in [2.45, 2.75) is 65.1 Å². The zero-order chi connectivity index (χ0) is 28.3. The molecule has 1 aliphatic rings. The average Bonchev–Trinajstić information content (AvgIpc) is 2.98. The largest absolute Gasteiger partial charge is 0.490 e. The maximum absolute atomic E-state index is 15.1. The molecular formula is C34H39F3O3. The summed E-state index contributed by atoms with van der Waals surface area (Å²) in [5.41, 5.74) is 2.29. The first-order valence-electron chi connectivity index (χ1n) is 14.4. The summed E-state index contributed by atoms with van der Waals surface area (Å²) in [6, 6.07) is 14.6. The van der Waals surface area contributed by atoms with Gasteiger partial charge in [-0.25, -0.2) is 8.78 Å². The molecule has 214 valence electrons. The molecule has 3 nitrogen and oxygen atoms in total.